The average molecular weight is 534 g/mol. The van der Waals surface area contributed by atoms with Gasteiger partial charge >= 0.3 is 0 Å². The SMILES string of the molecule is N#Cc1cc(-c2ccnc(Nc3ccc(F)c(OCCCN4CCOCC4)c3)n2)ccc1OC1CCOCC1. The molecule has 0 atom stereocenters. The summed E-state index contributed by atoms with van der Waals surface area (Å²) in [6, 6.07) is 14.0. The number of nitriles is 1. The molecule has 3 heterocycles. The van der Waals surface area contributed by atoms with Crippen LogP contribution >= 0.6 is 0 Å². The van der Waals surface area contributed by atoms with Crippen molar-refractivity contribution < 1.29 is 23.3 Å². The van der Waals surface area contributed by atoms with Crippen molar-refractivity contribution in [1.29, 1.82) is 5.26 Å². The summed E-state index contributed by atoms with van der Waals surface area (Å²) in [5.74, 6) is 0.661. The van der Waals surface area contributed by atoms with Gasteiger partial charge in [0.15, 0.2) is 11.6 Å². The van der Waals surface area contributed by atoms with Gasteiger partial charge in [-0.2, -0.15) is 5.26 Å². The third-order valence-electron chi connectivity index (χ3n) is 6.68. The zero-order valence-corrected chi connectivity index (χ0v) is 21.8. The van der Waals surface area contributed by atoms with Gasteiger partial charge in [-0.15, -0.1) is 0 Å². The first kappa shape index (κ1) is 26.8. The molecule has 3 aromatic rings. The minimum Gasteiger partial charge on any atom is -0.490 e. The summed E-state index contributed by atoms with van der Waals surface area (Å²) in [6.07, 6.45) is 4.08. The number of rotatable bonds is 10. The van der Waals surface area contributed by atoms with Crippen molar-refractivity contribution in [2.45, 2.75) is 25.4 Å². The van der Waals surface area contributed by atoms with E-state index in [0.717, 1.165) is 57.7 Å². The maximum atomic E-state index is 14.4. The van der Waals surface area contributed by atoms with Crippen molar-refractivity contribution in [2.75, 3.05) is 58.0 Å². The van der Waals surface area contributed by atoms with Gasteiger partial charge in [-0.05, 0) is 42.8 Å². The number of benzene rings is 2. The van der Waals surface area contributed by atoms with E-state index >= 15 is 0 Å². The number of hydrogen-bond donors (Lipinski definition) is 1. The molecule has 2 saturated heterocycles. The van der Waals surface area contributed by atoms with Gasteiger partial charge in [-0.3, -0.25) is 4.90 Å². The first-order valence-electron chi connectivity index (χ1n) is 13.3. The molecule has 2 aliphatic rings. The Balaban J connectivity index is 1.22. The lowest BCUT2D eigenvalue weighted by atomic mass is 10.1. The summed E-state index contributed by atoms with van der Waals surface area (Å²) in [5.41, 5.74) is 2.46. The van der Waals surface area contributed by atoms with E-state index in [-0.39, 0.29) is 11.9 Å². The first-order chi connectivity index (χ1) is 19.2. The largest absolute Gasteiger partial charge is 0.490 e. The van der Waals surface area contributed by atoms with Gasteiger partial charge < -0.3 is 24.3 Å². The zero-order valence-electron chi connectivity index (χ0n) is 21.8. The van der Waals surface area contributed by atoms with Gasteiger partial charge in [0.2, 0.25) is 5.95 Å². The van der Waals surface area contributed by atoms with Gasteiger partial charge in [0.05, 0.1) is 44.3 Å². The molecule has 2 fully saturated rings. The van der Waals surface area contributed by atoms with Gasteiger partial charge in [-0.1, -0.05) is 0 Å². The van der Waals surface area contributed by atoms with Crippen LogP contribution in [0.4, 0.5) is 16.0 Å². The third-order valence-corrected chi connectivity index (χ3v) is 6.68. The number of nitrogens with zero attached hydrogens (tertiary/aromatic N) is 4. The summed E-state index contributed by atoms with van der Waals surface area (Å²) in [5, 5.41) is 12.8. The quantitative estimate of drug-likeness (QED) is 0.376. The van der Waals surface area contributed by atoms with Crippen LogP contribution < -0.4 is 14.8 Å². The normalized spacial score (nSPS) is 16.4. The van der Waals surface area contributed by atoms with Crippen molar-refractivity contribution in [3.63, 3.8) is 0 Å². The predicted molar refractivity (Wildman–Crippen MR) is 144 cm³/mol. The van der Waals surface area contributed by atoms with E-state index in [9.17, 15) is 9.65 Å². The van der Waals surface area contributed by atoms with Crippen LogP contribution in [-0.2, 0) is 9.47 Å². The molecule has 1 aromatic heterocycles. The molecule has 2 aromatic carbocycles. The fourth-order valence-electron chi connectivity index (χ4n) is 4.55. The van der Waals surface area contributed by atoms with Crippen LogP contribution in [0.5, 0.6) is 11.5 Å². The van der Waals surface area contributed by atoms with Gasteiger partial charge in [0.25, 0.3) is 0 Å². The van der Waals surface area contributed by atoms with Crippen molar-refractivity contribution in [2.24, 2.45) is 0 Å². The standard InChI is InChI=1S/C29H32FN5O4/c30-25-4-3-23(19-28(25)38-13-1-10-35-11-16-37-17-12-35)33-29-32-9-6-26(34-29)21-2-5-27(22(18-21)20-31)39-24-7-14-36-15-8-24/h2-6,9,18-19,24H,1,7-8,10-17H2,(H,32,33,34). The smallest absolute Gasteiger partial charge is 0.227 e. The Hall–Kier alpha value is -3.78. The Morgan fingerprint density at radius 1 is 1.03 bits per heavy atom. The molecule has 0 radical (unpaired) electrons. The van der Waals surface area contributed by atoms with Crippen LogP contribution in [0.2, 0.25) is 0 Å². The number of aromatic nitrogens is 2. The predicted octanol–water partition coefficient (Wildman–Crippen LogP) is 4.56. The summed E-state index contributed by atoms with van der Waals surface area (Å²) in [6.45, 7) is 5.97. The highest BCUT2D eigenvalue weighted by molar-refractivity contribution is 5.66. The summed E-state index contributed by atoms with van der Waals surface area (Å²) in [4.78, 5) is 11.2. The molecule has 0 amide bonds. The van der Waals surface area contributed by atoms with E-state index in [1.54, 1.807) is 36.5 Å². The topological polar surface area (TPSA) is 102 Å². The van der Waals surface area contributed by atoms with E-state index in [1.165, 1.54) is 6.07 Å². The molecular formula is C29H32FN5O4. The fraction of sp³-hybridized carbons (Fsp3) is 0.414. The highest BCUT2D eigenvalue weighted by Gasteiger charge is 2.18. The number of nitrogens with one attached hydrogen (secondary N) is 1. The van der Waals surface area contributed by atoms with Gasteiger partial charge in [-0.25, -0.2) is 14.4 Å². The second-order valence-corrected chi connectivity index (χ2v) is 9.44. The molecule has 5 rings (SSSR count). The maximum absolute atomic E-state index is 14.4. The molecule has 0 saturated carbocycles. The van der Waals surface area contributed by atoms with Gasteiger partial charge in [0, 0.05) is 56.0 Å². The average Bonchev–Trinajstić information content (AvgIpc) is 2.98. The zero-order chi connectivity index (χ0) is 26.9. The summed E-state index contributed by atoms with van der Waals surface area (Å²) in [7, 11) is 0. The highest BCUT2D eigenvalue weighted by Crippen LogP contribution is 2.29. The number of anilines is 2. The van der Waals surface area contributed by atoms with Gasteiger partial charge in [0.1, 0.15) is 17.9 Å². The Bertz CT molecular complexity index is 1290. The molecule has 1 N–H and O–H groups in total. The minimum absolute atomic E-state index is 0.0425. The van der Waals surface area contributed by atoms with Crippen LogP contribution in [0.15, 0.2) is 48.7 Å². The van der Waals surface area contributed by atoms with Crippen molar-refractivity contribution in [1.82, 2.24) is 14.9 Å². The number of ether oxygens (including phenoxy) is 4. The minimum atomic E-state index is -0.423. The van der Waals surface area contributed by atoms with E-state index in [0.29, 0.717) is 48.5 Å². The molecule has 39 heavy (non-hydrogen) atoms. The number of hydrogen-bond acceptors (Lipinski definition) is 9. The van der Waals surface area contributed by atoms with E-state index in [2.05, 4.69) is 26.3 Å². The van der Waals surface area contributed by atoms with Crippen LogP contribution in [0.3, 0.4) is 0 Å². The van der Waals surface area contributed by atoms with E-state index < -0.39 is 5.82 Å². The Kier molecular flexibility index (Phi) is 9.17. The molecule has 0 aliphatic carbocycles. The van der Waals surface area contributed by atoms with Crippen molar-refractivity contribution >= 4 is 11.6 Å². The van der Waals surface area contributed by atoms with Crippen LogP contribution in [0.1, 0.15) is 24.8 Å². The lowest BCUT2D eigenvalue weighted by Crippen LogP contribution is -2.37. The molecule has 204 valence electrons. The summed E-state index contributed by atoms with van der Waals surface area (Å²) < 4.78 is 36.9. The molecule has 2 aliphatic heterocycles. The molecular weight excluding hydrogens is 501 g/mol. The first-order valence-corrected chi connectivity index (χ1v) is 13.3. The molecule has 9 nitrogen and oxygen atoms in total. The maximum Gasteiger partial charge on any atom is 0.227 e. The lowest BCUT2D eigenvalue weighted by Gasteiger charge is -2.26. The second kappa shape index (κ2) is 13.3. The monoisotopic (exact) mass is 533 g/mol. The van der Waals surface area contributed by atoms with Crippen molar-refractivity contribution in [3.8, 4) is 28.8 Å². The lowest BCUT2D eigenvalue weighted by molar-refractivity contribution is 0.0254. The molecule has 0 bridgehead atoms. The fourth-order valence-corrected chi connectivity index (χ4v) is 4.55. The Labute approximate surface area is 227 Å². The summed E-state index contributed by atoms with van der Waals surface area (Å²) >= 11 is 0. The third kappa shape index (κ3) is 7.41. The molecule has 10 heteroatoms. The Morgan fingerprint density at radius 3 is 2.67 bits per heavy atom. The van der Waals surface area contributed by atoms with E-state index in [1.807, 2.05) is 6.07 Å². The van der Waals surface area contributed by atoms with Crippen LogP contribution in [0, 0.1) is 17.1 Å². The highest BCUT2D eigenvalue weighted by atomic mass is 19.1. The second-order valence-electron chi connectivity index (χ2n) is 9.44. The van der Waals surface area contributed by atoms with E-state index in [4.69, 9.17) is 18.9 Å². The van der Waals surface area contributed by atoms with Crippen LogP contribution in [0.25, 0.3) is 11.3 Å². The number of morpholine rings is 1. The number of halogens is 1. The Morgan fingerprint density at radius 2 is 1.85 bits per heavy atom. The van der Waals surface area contributed by atoms with Crippen LogP contribution in [-0.4, -0.2) is 73.6 Å². The molecule has 0 spiro atoms. The molecule has 0 unspecified atom stereocenters. The van der Waals surface area contributed by atoms with Crippen molar-refractivity contribution in [3.05, 3.63) is 60.0 Å².